The summed E-state index contributed by atoms with van der Waals surface area (Å²) in [6.45, 7) is 25.1. The minimum Gasteiger partial charge on any atom is -0.504 e. The second-order valence-electron chi connectivity index (χ2n) is 19.1. The van der Waals surface area contributed by atoms with E-state index in [2.05, 4.69) is 4.85 Å². The van der Waals surface area contributed by atoms with Crippen molar-refractivity contribution in [2.75, 3.05) is 21.0 Å². The largest absolute Gasteiger partial charge is 0.504 e. The van der Waals surface area contributed by atoms with E-state index >= 15 is 0 Å². The van der Waals surface area contributed by atoms with Crippen LogP contribution in [0.15, 0.2) is 139 Å². The lowest BCUT2D eigenvalue weighted by molar-refractivity contribution is -0.384. The Balaban J connectivity index is 0.000000343. The minimum atomic E-state index is -0.452. The molecule has 0 bridgehead atoms. The molecule has 0 saturated heterocycles. The van der Waals surface area contributed by atoms with Gasteiger partial charge < -0.3 is 29.2 Å². The second-order valence-corrected chi connectivity index (χ2v) is 19.5. The molecule has 0 saturated carbocycles. The van der Waals surface area contributed by atoms with Gasteiger partial charge in [0.25, 0.3) is 5.69 Å². The van der Waals surface area contributed by atoms with Gasteiger partial charge in [-0.1, -0.05) is 148 Å². The molecule has 0 spiro atoms. The number of hydrogen-bond donors (Lipinski definition) is 2. The molecule has 422 valence electrons. The van der Waals surface area contributed by atoms with Crippen molar-refractivity contribution in [1.82, 2.24) is 0 Å². The Morgan fingerprint density at radius 3 is 1.31 bits per heavy atom. The van der Waals surface area contributed by atoms with Crippen LogP contribution < -0.4 is 18.9 Å². The van der Waals surface area contributed by atoms with Crippen molar-refractivity contribution in [2.45, 2.75) is 69.2 Å². The predicted octanol–water partition coefficient (Wildman–Crippen LogP) is 15.3. The summed E-state index contributed by atoms with van der Waals surface area (Å²) in [5.41, 5.74) is 4.76. The van der Waals surface area contributed by atoms with E-state index in [0.717, 1.165) is 16.7 Å². The molecule has 0 radical (unpaired) electrons. The zero-order valence-corrected chi connectivity index (χ0v) is 48.0. The zero-order chi connectivity index (χ0) is 60.1. The van der Waals surface area contributed by atoms with Crippen molar-refractivity contribution >= 4 is 82.3 Å². The van der Waals surface area contributed by atoms with E-state index in [1.54, 1.807) is 138 Å². The number of aliphatic hydroxyl groups is 2. The number of carbonyl (C=O) groups is 5. The van der Waals surface area contributed by atoms with Crippen molar-refractivity contribution in [3.63, 3.8) is 0 Å². The number of benzene rings is 5. The van der Waals surface area contributed by atoms with Crippen molar-refractivity contribution < 1.29 is 58.1 Å². The van der Waals surface area contributed by atoms with Crippen LogP contribution in [0.2, 0.25) is 5.02 Å². The Kier molecular flexibility index (Phi) is 29.3. The van der Waals surface area contributed by atoms with E-state index in [0.29, 0.717) is 44.8 Å². The summed E-state index contributed by atoms with van der Waals surface area (Å²) < 4.78 is 20.6. The molecule has 0 aliphatic carbocycles. The molecule has 2 N–H and O–H groups in total. The molecular weight excluding hydrogens is 1040 g/mol. The van der Waals surface area contributed by atoms with Crippen LogP contribution in [-0.2, 0) is 24.0 Å². The number of nitro benzene ring substituents is 1. The van der Waals surface area contributed by atoms with Gasteiger partial charge >= 0.3 is 0 Å². The smallest absolute Gasteiger partial charge is 0.269 e. The highest BCUT2D eigenvalue weighted by molar-refractivity contribution is 6.30. The number of Topliss-reactive ketones (excluding diaryl/α,β-unsaturated/α-hetero) is 2. The van der Waals surface area contributed by atoms with Gasteiger partial charge in [0.05, 0.1) is 25.7 Å². The molecule has 1 heterocycles. The number of nitro groups is 1. The first-order valence-electron chi connectivity index (χ1n) is 25.4. The van der Waals surface area contributed by atoms with Crippen LogP contribution >= 0.6 is 11.6 Å². The van der Waals surface area contributed by atoms with Gasteiger partial charge in [-0.2, -0.15) is 0 Å². The quantitative estimate of drug-likeness (QED) is 0.0275. The maximum Gasteiger partial charge on any atom is 0.269 e. The molecule has 0 amide bonds. The van der Waals surface area contributed by atoms with Gasteiger partial charge in [-0.05, 0) is 107 Å². The third kappa shape index (κ3) is 24.6. The summed E-state index contributed by atoms with van der Waals surface area (Å²) in [4.78, 5) is 70.2. The van der Waals surface area contributed by atoms with E-state index in [1.807, 2.05) is 65.8 Å². The Morgan fingerprint density at radius 1 is 0.550 bits per heavy atom. The number of rotatable bonds is 18. The molecule has 1 aliphatic rings. The molecular formula is C64H71ClN2O13. The van der Waals surface area contributed by atoms with Gasteiger partial charge in [0.2, 0.25) is 6.79 Å². The highest BCUT2D eigenvalue weighted by atomic mass is 35.5. The third-order valence-electron chi connectivity index (χ3n) is 11.0. The lowest BCUT2D eigenvalue weighted by Crippen LogP contribution is -2.09. The van der Waals surface area contributed by atoms with Gasteiger partial charge in [-0.3, -0.25) is 34.1 Å². The number of ether oxygens (including phenoxy) is 4. The fourth-order valence-electron chi connectivity index (χ4n) is 6.05. The van der Waals surface area contributed by atoms with Crippen molar-refractivity contribution in [3.05, 3.63) is 193 Å². The van der Waals surface area contributed by atoms with E-state index in [4.69, 9.17) is 37.1 Å². The van der Waals surface area contributed by atoms with Crippen LogP contribution in [0.4, 0.5) is 11.4 Å². The Morgan fingerprint density at radius 2 is 0.925 bits per heavy atom. The van der Waals surface area contributed by atoms with E-state index < -0.39 is 4.92 Å². The molecule has 0 fully saturated rings. The molecule has 1 aliphatic heterocycles. The Labute approximate surface area is 474 Å². The van der Waals surface area contributed by atoms with Gasteiger partial charge in [-0.25, -0.2) is 4.85 Å². The van der Waals surface area contributed by atoms with Crippen molar-refractivity contribution in [1.29, 1.82) is 0 Å². The first-order valence-corrected chi connectivity index (χ1v) is 25.8. The van der Waals surface area contributed by atoms with Gasteiger partial charge in [0.1, 0.15) is 0 Å². The number of carbonyl (C=O) groups excluding carboxylic acids is 5. The number of fused-ring (bicyclic) bond motifs is 1. The highest BCUT2D eigenvalue weighted by Gasteiger charge is 2.16. The van der Waals surface area contributed by atoms with Crippen LogP contribution in [0.5, 0.6) is 23.0 Å². The second kappa shape index (κ2) is 34.8. The monoisotopic (exact) mass is 1110 g/mol. The number of halogens is 1. The molecule has 0 aromatic heterocycles. The van der Waals surface area contributed by atoms with Gasteiger partial charge in [0.15, 0.2) is 69.1 Å². The number of allylic oxidation sites excluding steroid dienone is 5. The number of hydrogen-bond acceptors (Lipinski definition) is 13. The van der Waals surface area contributed by atoms with Crippen LogP contribution in [-0.4, -0.2) is 65.1 Å². The van der Waals surface area contributed by atoms with E-state index in [1.165, 1.54) is 37.5 Å². The van der Waals surface area contributed by atoms with E-state index in [-0.39, 0.29) is 82.5 Å². The van der Waals surface area contributed by atoms with Crippen LogP contribution in [0.1, 0.15) is 97.1 Å². The minimum absolute atomic E-state index is 0.0313. The maximum absolute atomic E-state index is 11.6. The third-order valence-corrected chi connectivity index (χ3v) is 11.2. The predicted molar refractivity (Wildman–Crippen MR) is 317 cm³/mol. The lowest BCUT2D eigenvalue weighted by atomic mass is 10.1. The molecule has 0 atom stereocenters. The van der Waals surface area contributed by atoms with Crippen LogP contribution in [0.3, 0.4) is 0 Å². The molecule has 15 nitrogen and oxygen atoms in total. The van der Waals surface area contributed by atoms with Crippen LogP contribution in [0.25, 0.3) is 35.2 Å². The van der Waals surface area contributed by atoms with E-state index in [9.17, 15) is 44.3 Å². The molecule has 16 heteroatoms. The topological polar surface area (TPSA) is 210 Å². The lowest BCUT2D eigenvalue weighted by Gasteiger charge is -2.08. The highest BCUT2D eigenvalue weighted by Crippen LogP contribution is 2.33. The molecule has 80 heavy (non-hydrogen) atoms. The maximum atomic E-state index is 11.6. The standard InChI is InChI=1S/C14H18O4.C13H13NO.C13H14O4.C12H13ClO.C12H13NO3/c1-9(2)14(16)11(15)7-10-5-6-12(17-3)13(8-10)18-4;1-10(2)13(15)9-6-11-4-7-12(14-3)8-5-11;1-8(2)13(15)10(14)5-9-3-4-11-12(6-9)17-7-16-11;1-9(2)12(14)8-5-10-3-6-11(13)7-4-10;1-9(2)12(14)8-5-10-3-6-11(7-4-10)13(15)16/h5-9,15H,1-4H3;4-10H,1-2H3;3-6,8,14H,7H2,1-2H3;3-9H,1-2H3;3-9H,1-2H3/b11-7-;9-6+;10-5-;2*8-5+. The first-order chi connectivity index (χ1) is 37.8. The van der Waals surface area contributed by atoms with Crippen LogP contribution in [0, 0.1) is 46.3 Å². The van der Waals surface area contributed by atoms with Gasteiger partial charge in [0, 0.05) is 46.7 Å². The summed E-state index contributed by atoms with van der Waals surface area (Å²) >= 11 is 5.73. The van der Waals surface area contributed by atoms with Crippen molar-refractivity contribution in [2.24, 2.45) is 29.6 Å². The normalized spacial score (nSPS) is 11.7. The number of aliphatic hydroxyl groups excluding tert-OH is 2. The number of methoxy groups -OCH3 is 2. The number of ketones is 5. The summed E-state index contributed by atoms with van der Waals surface area (Å²) in [5, 5.41) is 30.4. The zero-order valence-electron chi connectivity index (χ0n) is 47.3. The molecule has 5 aromatic carbocycles. The summed E-state index contributed by atoms with van der Waals surface area (Å²) in [6.07, 6.45) is 12.8. The fraction of sp³-hybridized carbons (Fsp3) is 0.281. The van der Waals surface area contributed by atoms with Crippen molar-refractivity contribution in [3.8, 4) is 23.0 Å². The average Bonchev–Trinajstić information content (AvgIpc) is 3.92. The summed E-state index contributed by atoms with van der Waals surface area (Å²) in [7, 11) is 3.08. The molecule has 6 rings (SSSR count). The first kappa shape index (κ1) is 67.2. The average molecular weight is 1110 g/mol. The Bertz CT molecular complexity index is 3070. The number of nitrogens with zero attached hydrogens (tertiary/aromatic N) is 2. The molecule has 5 aromatic rings. The fourth-order valence-corrected chi connectivity index (χ4v) is 6.17. The molecule has 0 unspecified atom stereocenters. The summed E-state index contributed by atoms with van der Waals surface area (Å²) in [6, 6.07) is 31.0. The number of non-ortho nitro benzene ring substituents is 1. The van der Waals surface area contributed by atoms with Gasteiger partial charge in [-0.15, -0.1) is 0 Å². The SMILES string of the molecule is CC(C)C(=O)/C(O)=C/c1ccc2c(c1)OCO2.CC(C)C(=O)/C=C/c1ccc(Cl)cc1.CC(C)C(=O)/C=C/c1ccc([N+](=O)[O-])cc1.COc1ccc(/C=C(\O)C(=O)C(C)C)cc1OC.[C-]#[N+]c1ccc(/C=C/C(=O)C(C)C)cc1. The Hall–Kier alpha value is -8.87. The summed E-state index contributed by atoms with van der Waals surface area (Å²) in [5.74, 6) is 1.30.